The van der Waals surface area contributed by atoms with Crippen molar-refractivity contribution in [2.75, 3.05) is 24.7 Å². The highest BCUT2D eigenvalue weighted by molar-refractivity contribution is 8.00. The highest BCUT2D eigenvalue weighted by Crippen LogP contribution is 2.20. The second kappa shape index (κ2) is 4.14. The minimum absolute atomic E-state index is 0.543. The fourth-order valence-electron chi connectivity index (χ4n) is 0.644. The van der Waals surface area contributed by atoms with E-state index in [2.05, 4.69) is 0 Å². The predicted octanol–water partition coefficient (Wildman–Crippen LogP) is 0.467. The Balaban J connectivity index is 1.80. The topological polar surface area (TPSA) is 35.2 Å². The van der Waals surface area contributed by atoms with Gasteiger partial charge in [0.15, 0.2) is 0 Å². The van der Waals surface area contributed by atoms with E-state index in [1.54, 1.807) is 0 Å². The summed E-state index contributed by atoms with van der Waals surface area (Å²) in [6.45, 7) is 1.60. The van der Waals surface area contributed by atoms with Gasteiger partial charge >= 0.3 is 0 Å². The first-order valence-corrected chi connectivity index (χ1v) is 4.48. The van der Waals surface area contributed by atoms with Crippen molar-refractivity contribution in [3.8, 4) is 0 Å². The molecule has 1 fully saturated rings. The van der Waals surface area contributed by atoms with Crippen LogP contribution < -0.4 is 5.73 Å². The number of hydrogen-bond acceptors (Lipinski definition) is 3. The highest BCUT2D eigenvalue weighted by Gasteiger charge is 2.17. The molecule has 0 amide bonds. The third-order valence-corrected chi connectivity index (χ3v) is 2.52. The van der Waals surface area contributed by atoms with Gasteiger partial charge in [-0.25, -0.2) is 0 Å². The molecule has 2 nitrogen and oxygen atoms in total. The molecule has 2 N–H and O–H groups in total. The first-order valence-electron chi connectivity index (χ1n) is 3.33. The molecule has 0 bridgehead atoms. The van der Waals surface area contributed by atoms with Crippen LogP contribution in [0.15, 0.2) is 0 Å². The van der Waals surface area contributed by atoms with Crippen LogP contribution in [0.25, 0.3) is 0 Å². The number of nitrogens with two attached hydrogens (primary N) is 1. The third kappa shape index (κ3) is 2.56. The normalized spacial score (nSPS) is 19.7. The predicted molar refractivity (Wildman–Crippen MR) is 40.7 cm³/mol. The number of ether oxygens (including phenoxy) is 1. The quantitative estimate of drug-likeness (QED) is 0.587. The molecule has 1 rings (SSSR count). The van der Waals surface area contributed by atoms with Crippen LogP contribution in [-0.2, 0) is 4.74 Å². The molecule has 0 saturated carbocycles. The number of rotatable bonds is 4. The van der Waals surface area contributed by atoms with Gasteiger partial charge in [-0.3, -0.25) is 0 Å². The summed E-state index contributed by atoms with van der Waals surface area (Å²) in [6, 6.07) is 0. The van der Waals surface area contributed by atoms with Crippen LogP contribution in [0.2, 0.25) is 0 Å². The van der Waals surface area contributed by atoms with Crippen molar-refractivity contribution in [2.45, 2.75) is 12.5 Å². The average molecular weight is 147 g/mol. The minimum Gasteiger partial charge on any atom is -0.376 e. The molecule has 0 aromatic rings. The van der Waals surface area contributed by atoms with Crippen LogP contribution in [0.3, 0.4) is 0 Å². The van der Waals surface area contributed by atoms with Gasteiger partial charge in [0, 0.05) is 18.1 Å². The van der Waals surface area contributed by atoms with Crippen molar-refractivity contribution >= 4 is 11.8 Å². The molecule has 9 heavy (non-hydrogen) atoms. The van der Waals surface area contributed by atoms with E-state index in [9.17, 15) is 0 Å². The standard InChI is InChI=1S/C6H13NOS/c7-2-1-3-8-6-4-9-5-6/h6H,1-5,7H2. The van der Waals surface area contributed by atoms with Gasteiger partial charge in [-0.05, 0) is 13.0 Å². The van der Waals surface area contributed by atoms with Crippen LogP contribution >= 0.6 is 11.8 Å². The van der Waals surface area contributed by atoms with Crippen LogP contribution in [0, 0.1) is 0 Å². The zero-order valence-electron chi connectivity index (χ0n) is 5.51. The molecule has 0 unspecified atom stereocenters. The Bertz CT molecular complexity index is 75.5. The fraction of sp³-hybridized carbons (Fsp3) is 1.00. The molecular formula is C6H13NOS. The Morgan fingerprint density at radius 3 is 2.78 bits per heavy atom. The molecule has 3 heteroatoms. The third-order valence-electron chi connectivity index (χ3n) is 1.31. The zero-order chi connectivity index (χ0) is 6.53. The number of thioether (sulfide) groups is 1. The lowest BCUT2D eigenvalue weighted by Gasteiger charge is -2.24. The summed E-state index contributed by atoms with van der Waals surface area (Å²) in [5, 5.41) is 0. The van der Waals surface area contributed by atoms with Crippen molar-refractivity contribution in [2.24, 2.45) is 5.73 Å². The molecule has 0 aliphatic carbocycles. The Hall–Kier alpha value is 0.270. The molecular weight excluding hydrogens is 134 g/mol. The maximum atomic E-state index is 5.42. The Morgan fingerprint density at radius 1 is 1.56 bits per heavy atom. The van der Waals surface area contributed by atoms with Crippen molar-refractivity contribution in [3.05, 3.63) is 0 Å². The van der Waals surface area contributed by atoms with E-state index in [0.717, 1.165) is 19.6 Å². The maximum Gasteiger partial charge on any atom is 0.0755 e. The summed E-state index contributed by atoms with van der Waals surface area (Å²) in [5.74, 6) is 2.37. The Morgan fingerprint density at radius 2 is 2.33 bits per heavy atom. The molecule has 0 spiro atoms. The van der Waals surface area contributed by atoms with Gasteiger partial charge in [-0.2, -0.15) is 11.8 Å². The van der Waals surface area contributed by atoms with Gasteiger partial charge < -0.3 is 10.5 Å². The zero-order valence-corrected chi connectivity index (χ0v) is 6.32. The van der Waals surface area contributed by atoms with E-state index in [0.29, 0.717) is 6.10 Å². The Labute approximate surface area is 60.1 Å². The van der Waals surface area contributed by atoms with Crippen molar-refractivity contribution in [1.82, 2.24) is 0 Å². The molecule has 1 saturated heterocycles. The van der Waals surface area contributed by atoms with Crippen molar-refractivity contribution in [3.63, 3.8) is 0 Å². The molecule has 1 aliphatic rings. The molecule has 1 aliphatic heterocycles. The lowest BCUT2D eigenvalue weighted by Crippen LogP contribution is -2.28. The van der Waals surface area contributed by atoms with Crippen LogP contribution in [-0.4, -0.2) is 30.8 Å². The van der Waals surface area contributed by atoms with Gasteiger partial charge in [0.1, 0.15) is 0 Å². The van der Waals surface area contributed by atoms with E-state index in [1.165, 1.54) is 11.5 Å². The second-order valence-corrected chi connectivity index (χ2v) is 3.25. The lowest BCUT2D eigenvalue weighted by atomic mass is 10.4. The molecule has 54 valence electrons. The first kappa shape index (κ1) is 7.38. The molecule has 0 radical (unpaired) electrons. The van der Waals surface area contributed by atoms with Crippen LogP contribution in [0.1, 0.15) is 6.42 Å². The summed E-state index contributed by atoms with van der Waals surface area (Å²) in [5.41, 5.74) is 5.29. The van der Waals surface area contributed by atoms with Gasteiger partial charge in [0.2, 0.25) is 0 Å². The summed E-state index contributed by atoms with van der Waals surface area (Å²) >= 11 is 1.95. The highest BCUT2D eigenvalue weighted by atomic mass is 32.2. The largest absolute Gasteiger partial charge is 0.376 e. The SMILES string of the molecule is NCCCOC1CSC1. The first-order chi connectivity index (χ1) is 4.43. The lowest BCUT2D eigenvalue weighted by molar-refractivity contribution is 0.0772. The Kier molecular flexibility index (Phi) is 3.40. The van der Waals surface area contributed by atoms with Crippen LogP contribution in [0.5, 0.6) is 0 Å². The van der Waals surface area contributed by atoms with Crippen molar-refractivity contribution < 1.29 is 4.74 Å². The van der Waals surface area contributed by atoms with E-state index in [1.807, 2.05) is 11.8 Å². The monoisotopic (exact) mass is 147 g/mol. The van der Waals surface area contributed by atoms with E-state index >= 15 is 0 Å². The van der Waals surface area contributed by atoms with Crippen LogP contribution in [0.4, 0.5) is 0 Å². The molecule has 1 heterocycles. The van der Waals surface area contributed by atoms with Gasteiger partial charge in [0.25, 0.3) is 0 Å². The van der Waals surface area contributed by atoms with Crippen molar-refractivity contribution in [1.29, 1.82) is 0 Å². The summed E-state index contributed by atoms with van der Waals surface area (Å²) in [7, 11) is 0. The summed E-state index contributed by atoms with van der Waals surface area (Å²) < 4.78 is 5.42. The van der Waals surface area contributed by atoms with E-state index in [-0.39, 0.29) is 0 Å². The number of hydrogen-bond donors (Lipinski definition) is 1. The van der Waals surface area contributed by atoms with E-state index in [4.69, 9.17) is 10.5 Å². The van der Waals surface area contributed by atoms with E-state index < -0.39 is 0 Å². The minimum atomic E-state index is 0.543. The second-order valence-electron chi connectivity index (χ2n) is 2.17. The molecule has 0 aromatic heterocycles. The molecule has 0 aromatic carbocycles. The van der Waals surface area contributed by atoms with Gasteiger partial charge in [0.05, 0.1) is 6.10 Å². The van der Waals surface area contributed by atoms with Gasteiger partial charge in [-0.1, -0.05) is 0 Å². The summed E-state index contributed by atoms with van der Waals surface area (Å²) in [6.07, 6.45) is 1.54. The maximum absolute atomic E-state index is 5.42. The molecule has 0 atom stereocenters. The summed E-state index contributed by atoms with van der Waals surface area (Å²) in [4.78, 5) is 0. The smallest absolute Gasteiger partial charge is 0.0755 e. The van der Waals surface area contributed by atoms with Gasteiger partial charge in [-0.15, -0.1) is 0 Å². The average Bonchev–Trinajstić information content (AvgIpc) is 1.76. The fourth-order valence-corrected chi connectivity index (χ4v) is 1.26.